The summed E-state index contributed by atoms with van der Waals surface area (Å²) in [5.41, 5.74) is 4.10. The molecule has 0 aliphatic carbocycles. The predicted octanol–water partition coefficient (Wildman–Crippen LogP) is 4.38. The van der Waals surface area contributed by atoms with Crippen molar-refractivity contribution in [3.63, 3.8) is 0 Å². The van der Waals surface area contributed by atoms with Crippen LogP contribution in [0, 0.1) is 0 Å². The molecule has 0 radical (unpaired) electrons. The molecule has 5 rings (SSSR count). The Morgan fingerprint density at radius 3 is 2.42 bits per heavy atom. The van der Waals surface area contributed by atoms with Crippen LogP contribution in [0.3, 0.4) is 0 Å². The maximum Gasteiger partial charge on any atom is 0.251 e. The minimum atomic E-state index is -0.253. The van der Waals surface area contributed by atoms with Gasteiger partial charge in [0.05, 0.1) is 5.69 Å². The highest BCUT2D eigenvalue weighted by Gasteiger charge is 2.30. The summed E-state index contributed by atoms with van der Waals surface area (Å²) in [4.78, 5) is 41.7. The van der Waals surface area contributed by atoms with Gasteiger partial charge in [0.1, 0.15) is 0 Å². The fourth-order valence-corrected chi connectivity index (χ4v) is 4.42. The molecule has 1 aromatic heterocycles. The molecule has 4 aromatic rings. The Balaban J connectivity index is 1.40. The van der Waals surface area contributed by atoms with E-state index in [-0.39, 0.29) is 36.5 Å². The first kappa shape index (κ1) is 20.7. The van der Waals surface area contributed by atoms with Crippen LogP contribution in [0.2, 0.25) is 0 Å². The molecule has 0 unspecified atom stereocenters. The Bertz CT molecular complexity index is 1330. The van der Waals surface area contributed by atoms with Crippen LogP contribution in [0.4, 0.5) is 5.69 Å². The van der Waals surface area contributed by atoms with Crippen molar-refractivity contribution < 1.29 is 14.4 Å². The van der Waals surface area contributed by atoms with Gasteiger partial charge in [-0.15, -0.1) is 0 Å². The lowest BCUT2D eigenvalue weighted by Crippen LogP contribution is -2.30. The van der Waals surface area contributed by atoms with E-state index in [2.05, 4.69) is 28.5 Å². The molecule has 1 fully saturated rings. The zero-order chi connectivity index (χ0) is 22.8. The summed E-state index contributed by atoms with van der Waals surface area (Å²) < 4.78 is 0. The number of anilines is 1. The SMILES string of the molecule is O=C(NC[C@@H](c1ccccc1)c1c[nH]c2ccccc12)c1cccc(N2C(=O)CCC2=O)c1. The molecule has 2 heterocycles. The Hall–Kier alpha value is -4.19. The summed E-state index contributed by atoms with van der Waals surface area (Å²) in [6.07, 6.45) is 2.41. The number of benzene rings is 3. The van der Waals surface area contributed by atoms with Gasteiger partial charge in [-0.2, -0.15) is 0 Å². The molecule has 1 aliphatic heterocycles. The second-order valence-corrected chi connectivity index (χ2v) is 8.14. The number of nitrogens with one attached hydrogen (secondary N) is 2. The number of hydrogen-bond donors (Lipinski definition) is 2. The van der Waals surface area contributed by atoms with Crippen molar-refractivity contribution in [2.45, 2.75) is 18.8 Å². The van der Waals surface area contributed by atoms with Crippen LogP contribution >= 0.6 is 0 Å². The standard InChI is InChI=1S/C27H23N3O3/c31-25-13-14-26(32)30(25)20-10-6-9-19(15-20)27(33)29-16-22(18-7-2-1-3-8-18)23-17-28-24-12-5-4-11-21(23)24/h1-12,15,17,22,28H,13-14,16H2,(H,29,33)/t22-/m0/s1. The average molecular weight is 437 g/mol. The van der Waals surface area contributed by atoms with Crippen molar-refractivity contribution in [1.82, 2.24) is 10.3 Å². The first-order valence-electron chi connectivity index (χ1n) is 11.0. The zero-order valence-corrected chi connectivity index (χ0v) is 18.0. The summed E-state index contributed by atoms with van der Waals surface area (Å²) in [7, 11) is 0. The molecule has 0 bridgehead atoms. The van der Waals surface area contributed by atoms with Crippen LogP contribution in [-0.4, -0.2) is 29.3 Å². The van der Waals surface area contributed by atoms with Gasteiger partial charge in [0.25, 0.3) is 5.91 Å². The van der Waals surface area contributed by atoms with Gasteiger partial charge in [-0.25, -0.2) is 0 Å². The van der Waals surface area contributed by atoms with Crippen molar-refractivity contribution >= 4 is 34.3 Å². The summed E-state index contributed by atoms with van der Waals surface area (Å²) in [6, 6.07) is 24.8. The number of hydrogen-bond acceptors (Lipinski definition) is 3. The second-order valence-electron chi connectivity index (χ2n) is 8.14. The quantitative estimate of drug-likeness (QED) is 0.439. The number of amides is 3. The number of rotatable bonds is 6. The molecule has 0 saturated carbocycles. The number of H-pyrrole nitrogens is 1. The molecular formula is C27H23N3O3. The molecule has 6 nitrogen and oxygen atoms in total. The maximum absolute atomic E-state index is 13.0. The van der Waals surface area contributed by atoms with Crippen molar-refractivity contribution in [2.75, 3.05) is 11.4 Å². The van der Waals surface area contributed by atoms with Crippen molar-refractivity contribution in [3.8, 4) is 0 Å². The van der Waals surface area contributed by atoms with Crippen molar-refractivity contribution in [3.05, 3.63) is 102 Å². The number of nitrogens with zero attached hydrogens (tertiary/aromatic N) is 1. The van der Waals surface area contributed by atoms with E-state index in [1.807, 2.05) is 42.6 Å². The van der Waals surface area contributed by atoms with Crippen molar-refractivity contribution in [2.24, 2.45) is 0 Å². The number of para-hydroxylation sites is 1. The number of carbonyl (C=O) groups excluding carboxylic acids is 3. The zero-order valence-electron chi connectivity index (χ0n) is 18.0. The van der Waals surface area contributed by atoms with E-state index < -0.39 is 0 Å². The predicted molar refractivity (Wildman–Crippen MR) is 127 cm³/mol. The van der Waals surface area contributed by atoms with Crippen molar-refractivity contribution in [1.29, 1.82) is 0 Å². The molecule has 1 saturated heterocycles. The molecule has 3 aromatic carbocycles. The molecule has 2 N–H and O–H groups in total. The third-order valence-electron chi connectivity index (χ3n) is 6.08. The molecule has 3 amide bonds. The van der Waals surface area contributed by atoms with E-state index in [1.54, 1.807) is 24.3 Å². The fourth-order valence-electron chi connectivity index (χ4n) is 4.42. The highest BCUT2D eigenvalue weighted by molar-refractivity contribution is 6.20. The molecule has 33 heavy (non-hydrogen) atoms. The number of aromatic amines is 1. The molecule has 1 atom stereocenters. The van der Waals surface area contributed by atoms with E-state index in [9.17, 15) is 14.4 Å². The van der Waals surface area contributed by atoms with E-state index >= 15 is 0 Å². The second kappa shape index (κ2) is 8.74. The van der Waals surface area contributed by atoms with Gasteiger partial charge in [0, 0.05) is 48.0 Å². The van der Waals surface area contributed by atoms with Crippen LogP contribution in [0.1, 0.15) is 40.2 Å². The Labute approximate surface area is 191 Å². The lowest BCUT2D eigenvalue weighted by Gasteiger charge is -2.19. The third kappa shape index (κ3) is 4.03. The summed E-state index contributed by atoms with van der Waals surface area (Å²) >= 11 is 0. The summed E-state index contributed by atoms with van der Waals surface area (Å²) in [6.45, 7) is 0.399. The van der Waals surface area contributed by atoms with Gasteiger partial charge in [0.2, 0.25) is 11.8 Å². The normalized spacial score (nSPS) is 14.6. The monoisotopic (exact) mass is 437 g/mol. The molecule has 164 valence electrons. The lowest BCUT2D eigenvalue weighted by atomic mass is 9.91. The van der Waals surface area contributed by atoms with Gasteiger partial charge < -0.3 is 10.3 Å². The topological polar surface area (TPSA) is 82.3 Å². The molecule has 6 heteroatoms. The van der Waals surface area contributed by atoms with Gasteiger partial charge in [0.15, 0.2) is 0 Å². The van der Waals surface area contributed by atoms with Gasteiger partial charge >= 0.3 is 0 Å². The van der Waals surface area contributed by atoms with Crippen LogP contribution in [0.5, 0.6) is 0 Å². The van der Waals surface area contributed by atoms with Gasteiger partial charge in [-0.1, -0.05) is 54.6 Å². The van der Waals surface area contributed by atoms with E-state index in [0.29, 0.717) is 17.8 Å². The minimum Gasteiger partial charge on any atom is -0.361 e. The third-order valence-corrected chi connectivity index (χ3v) is 6.08. The molecule has 1 aliphatic rings. The highest BCUT2D eigenvalue weighted by atomic mass is 16.2. The largest absolute Gasteiger partial charge is 0.361 e. The molecular weight excluding hydrogens is 414 g/mol. The van der Waals surface area contributed by atoms with Crippen LogP contribution in [-0.2, 0) is 9.59 Å². The van der Waals surface area contributed by atoms with Gasteiger partial charge in [-0.05, 0) is 35.4 Å². The number of fused-ring (bicyclic) bond motifs is 1. The Kier molecular flexibility index (Phi) is 5.48. The number of imide groups is 1. The van der Waals surface area contributed by atoms with E-state index in [4.69, 9.17) is 0 Å². The lowest BCUT2D eigenvalue weighted by molar-refractivity contribution is -0.121. The highest BCUT2D eigenvalue weighted by Crippen LogP contribution is 2.30. The number of aromatic nitrogens is 1. The fraction of sp³-hybridized carbons (Fsp3) is 0.148. The smallest absolute Gasteiger partial charge is 0.251 e. The summed E-state index contributed by atoms with van der Waals surface area (Å²) in [5.74, 6) is -0.769. The van der Waals surface area contributed by atoms with Crippen LogP contribution < -0.4 is 10.2 Å². The maximum atomic E-state index is 13.0. The van der Waals surface area contributed by atoms with Gasteiger partial charge in [-0.3, -0.25) is 19.3 Å². The van der Waals surface area contributed by atoms with E-state index in [1.165, 1.54) is 0 Å². The minimum absolute atomic E-state index is 0.0452. The van der Waals surface area contributed by atoms with E-state index in [0.717, 1.165) is 26.9 Å². The Morgan fingerprint density at radius 2 is 1.64 bits per heavy atom. The number of carbonyl (C=O) groups is 3. The molecule has 0 spiro atoms. The Morgan fingerprint density at radius 1 is 0.909 bits per heavy atom. The first-order chi connectivity index (χ1) is 16.1. The first-order valence-corrected chi connectivity index (χ1v) is 11.0. The summed E-state index contributed by atoms with van der Waals surface area (Å²) in [5, 5.41) is 4.17. The average Bonchev–Trinajstić information content (AvgIpc) is 3.43. The van der Waals surface area contributed by atoms with Crippen LogP contribution in [0.25, 0.3) is 10.9 Å². The van der Waals surface area contributed by atoms with Crippen LogP contribution in [0.15, 0.2) is 85.1 Å².